The van der Waals surface area contributed by atoms with Crippen LogP contribution >= 0.6 is 0 Å². The summed E-state index contributed by atoms with van der Waals surface area (Å²) < 4.78 is 0. The number of aromatic hydroxyl groups is 2. The van der Waals surface area contributed by atoms with Crippen LogP contribution in [-0.2, 0) is 6.42 Å². The van der Waals surface area contributed by atoms with Crippen LogP contribution in [0.5, 0.6) is 11.5 Å². The zero-order chi connectivity index (χ0) is 13.1. The van der Waals surface area contributed by atoms with Gasteiger partial charge in [-0.25, -0.2) is 0 Å². The minimum atomic E-state index is -0.403. The number of aryl methyl sites for hydroxylation is 1. The Labute approximate surface area is 103 Å². The van der Waals surface area contributed by atoms with Crippen LogP contribution in [0.3, 0.4) is 0 Å². The molecule has 0 saturated heterocycles. The Morgan fingerprint density at radius 1 is 1.33 bits per heavy atom. The van der Waals surface area contributed by atoms with E-state index in [9.17, 15) is 9.90 Å². The molecule has 0 radical (unpaired) electrons. The van der Waals surface area contributed by atoms with Crippen molar-refractivity contribution in [3.8, 4) is 11.5 Å². The molecule has 1 aromatic heterocycles. The number of hydrogen-bond donors (Lipinski definition) is 4. The topological polar surface area (TPSA) is 98.2 Å². The molecule has 6 nitrogen and oxygen atoms in total. The molecule has 0 saturated carbocycles. The van der Waals surface area contributed by atoms with Crippen molar-refractivity contribution >= 4 is 11.7 Å². The van der Waals surface area contributed by atoms with Gasteiger partial charge in [-0.3, -0.25) is 9.89 Å². The van der Waals surface area contributed by atoms with Crippen LogP contribution < -0.4 is 5.32 Å². The summed E-state index contributed by atoms with van der Waals surface area (Å²) in [4.78, 5) is 11.8. The van der Waals surface area contributed by atoms with E-state index in [1.165, 1.54) is 18.2 Å². The highest BCUT2D eigenvalue weighted by Crippen LogP contribution is 2.25. The van der Waals surface area contributed by atoms with Gasteiger partial charge in [0.25, 0.3) is 5.91 Å². The molecular weight excluding hydrogens is 234 g/mol. The van der Waals surface area contributed by atoms with Gasteiger partial charge in [-0.2, -0.15) is 5.10 Å². The molecule has 0 aliphatic rings. The monoisotopic (exact) mass is 247 g/mol. The maximum atomic E-state index is 11.8. The number of anilines is 1. The molecule has 2 aromatic rings. The fourth-order valence-electron chi connectivity index (χ4n) is 1.46. The number of nitrogens with one attached hydrogen (secondary N) is 2. The van der Waals surface area contributed by atoms with Crippen LogP contribution in [0.2, 0.25) is 0 Å². The van der Waals surface area contributed by atoms with Gasteiger partial charge in [0.2, 0.25) is 0 Å². The van der Waals surface area contributed by atoms with Crippen LogP contribution in [0.1, 0.15) is 23.0 Å². The number of H-pyrrole nitrogens is 1. The van der Waals surface area contributed by atoms with E-state index in [1.54, 1.807) is 6.07 Å². The first-order chi connectivity index (χ1) is 8.60. The third-order valence-corrected chi connectivity index (χ3v) is 2.49. The number of nitrogens with zero attached hydrogens (tertiary/aromatic N) is 1. The molecule has 0 unspecified atom stereocenters. The molecule has 0 aliphatic carbocycles. The number of carbonyl (C=O) groups excluding carboxylic acids is 1. The molecule has 0 atom stereocenters. The van der Waals surface area contributed by atoms with Crippen molar-refractivity contribution in [3.63, 3.8) is 0 Å². The maximum absolute atomic E-state index is 11.8. The largest absolute Gasteiger partial charge is 0.504 e. The second-order valence-electron chi connectivity index (χ2n) is 3.79. The van der Waals surface area contributed by atoms with Gasteiger partial charge in [0.05, 0.1) is 0 Å². The number of phenolic OH excluding ortho intramolecular Hbond substituents is 2. The average Bonchev–Trinajstić information content (AvgIpc) is 2.80. The van der Waals surface area contributed by atoms with Crippen molar-refractivity contribution in [1.82, 2.24) is 10.2 Å². The normalized spacial score (nSPS) is 10.3. The number of aromatic nitrogens is 2. The van der Waals surface area contributed by atoms with Crippen LogP contribution in [0.4, 0.5) is 5.82 Å². The fourth-order valence-corrected chi connectivity index (χ4v) is 1.46. The van der Waals surface area contributed by atoms with E-state index in [4.69, 9.17) is 5.11 Å². The Kier molecular flexibility index (Phi) is 3.18. The molecule has 0 fully saturated rings. The van der Waals surface area contributed by atoms with Gasteiger partial charge in [0.15, 0.2) is 17.3 Å². The second-order valence-corrected chi connectivity index (χ2v) is 3.79. The predicted octanol–water partition coefficient (Wildman–Crippen LogP) is 1.64. The number of rotatable bonds is 3. The number of phenols is 2. The minimum absolute atomic E-state index is 0.242. The Hall–Kier alpha value is -2.50. The summed E-state index contributed by atoms with van der Waals surface area (Å²) in [6.07, 6.45) is 0.795. The van der Waals surface area contributed by atoms with E-state index in [0.29, 0.717) is 5.82 Å². The molecule has 94 valence electrons. The van der Waals surface area contributed by atoms with Gasteiger partial charge in [0, 0.05) is 17.3 Å². The summed E-state index contributed by atoms with van der Waals surface area (Å²) in [5.74, 6) is -0.581. The number of hydrogen-bond acceptors (Lipinski definition) is 4. The van der Waals surface area contributed by atoms with Crippen molar-refractivity contribution < 1.29 is 15.0 Å². The third kappa shape index (κ3) is 2.42. The number of aromatic amines is 1. The SMILES string of the molecule is CCc1cc(NC(=O)c2ccc(O)c(O)c2)n[nH]1. The van der Waals surface area contributed by atoms with Crippen LogP contribution in [0, 0.1) is 0 Å². The summed E-state index contributed by atoms with van der Waals surface area (Å²) in [6.45, 7) is 1.97. The molecule has 1 amide bonds. The highest BCUT2D eigenvalue weighted by atomic mass is 16.3. The zero-order valence-corrected chi connectivity index (χ0v) is 9.77. The molecule has 2 rings (SSSR count). The Balaban J connectivity index is 2.14. The van der Waals surface area contributed by atoms with Gasteiger partial charge >= 0.3 is 0 Å². The van der Waals surface area contributed by atoms with E-state index >= 15 is 0 Å². The lowest BCUT2D eigenvalue weighted by molar-refractivity contribution is 0.102. The molecule has 0 aliphatic heterocycles. The highest BCUT2D eigenvalue weighted by Gasteiger charge is 2.10. The molecule has 18 heavy (non-hydrogen) atoms. The van der Waals surface area contributed by atoms with Crippen molar-refractivity contribution in [3.05, 3.63) is 35.5 Å². The smallest absolute Gasteiger partial charge is 0.257 e. The van der Waals surface area contributed by atoms with Crippen LogP contribution in [0.25, 0.3) is 0 Å². The minimum Gasteiger partial charge on any atom is -0.504 e. The standard InChI is InChI=1S/C12H13N3O3/c1-2-8-6-11(15-14-8)13-12(18)7-3-4-9(16)10(17)5-7/h3-6,16-17H,2H2,1H3,(H2,13,14,15,18). The van der Waals surface area contributed by atoms with Crippen molar-refractivity contribution in [2.75, 3.05) is 5.32 Å². The molecule has 0 bridgehead atoms. The van der Waals surface area contributed by atoms with Gasteiger partial charge in [-0.1, -0.05) is 6.92 Å². The van der Waals surface area contributed by atoms with Crippen LogP contribution in [0.15, 0.2) is 24.3 Å². The molecule has 1 aromatic carbocycles. The average molecular weight is 247 g/mol. The van der Waals surface area contributed by atoms with Gasteiger partial charge < -0.3 is 15.5 Å². The molecular formula is C12H13N3O3. The lowest BCUT2D eigenvalue weighted by Crippen LogP contribution is -2.11. The number of benzene rings is 1. The maximum Gasteiger partial charge on any atom is 0.257 e. The lowest BCUT2D eigenvalue weighted by atomic mass is 10.2. The summed E-state index contributed by atoms with van der Waals surface area (Å²) in [6, 6.07) is 5.60. The van der Waals surface area contributed by atoms with Gasteiger partial charge in [0.1, 0.15) is 0 Å². The van der Waals surface area contributed by atoms with Crippen molar-refractivity contribution in [1.29, 1.82) is 0 Å². The van der Waals surface area contributed by atoms with E-state index in [2.05, 4.69) is 15.5 Å². The summed E-state index contributed by atoms with van der Waals surface area (Å²) in [5, 5.41) is 27.7. The molecule has 4 N–H and O–H groups in total. The fraction of sp³-hybridized carbons (Fsp3) is 0.167. The van der Waals surface area contributed by atoms with E-state index < -0.39 is 5.91 Å². The summed E-state index contributed by atoms with van der Waals surface area (Å²) in [7, 11) is 0. The molecule has 6 heteroatoms. The summed E-state index contributed by atoms with van der Waals surface area (Å²) >= 11 is 0. The van der Waals surface area contributed by atoms with E-state index in [0.717, 1.165) is 12.1 Å². The van der Waals surface area contributed by atoms with E-state index in [-0.39, 0.29) is 17.1 Å². The van der Waals surface area contributed by atoms with Crippen LogP contribution in [-0.4, -0.2) is 26.3 Å². The molecule has 0 spiro atoms. The second kappa shape index (κ2) is 4.79. The quantitative estimate of drug-likeness (QED) is 0.619. The Morgan fingerprint density at radius 3 is 2.72 bits per heavy atom. The van der Waals surface area contributed by atoms with Gasteiger partial charge in [-0.15, -0.1) is 0 Å². The van der Waals surface area contributed by atoms with Crippen molar-refractivity contribution in [2.45, 2.75) is 13.3 Å². The first-order valence-corrected chi connectivity index (χ1v) is 5.47. The zero-order valence-electron chi connectivity index (χ0n) is 9.77. The van der Waals surface area contributed by atoms with Crippen molar-refractivity contribution in [2.24, 2.45) is 0 Å². The Bertz CT molecular complexity index is 578. The number of amides is 1. The lowest BCUT2D eigenvalue weighted by Gasteiger charge is -2.03. The first-order valence-electron chi connectivity index (χ1n) is 5.47. The molecule has 1 heterocycles. The highest BCUT2D eigenvalue weighted by molar-refractivity contribution is 6.04. The first kappa shape index (κ1) is 12.0. The third-order valence-electron chi connectivity index (χ3n) is 2.49. The Morgan fingerprint density at radius 2 is 2.11 bits per heavy atom. The summed E-state index contributed by atoms with van der Waals surface area (Å²) in [5.41, 5.74) is 1.16. The van der Waals surface area contributed by atoms with Gasteiger partial charge in [-0.05, 0) is 24.6 Å². The predicted molar refractivity (Wildman–Crippen MR) is 65.7 cm³/mol. The van der Waals surface area contributed by atoms with E-state index in [1.807, 2.05) is 6.92 Å². The number of carbonyl (C=O) groups is 1.